The number of rotatable bonds is 3. The van der Waals surface area contributed by atoms with Crippen molar-refractivity contribution in [2.45, 2.75) is 45.6 Å². The van der Waals surface area contributed by atoms with Crippen LogP contribution < -0.4 is 16.0 Å². The first-order valence-corrected chi connectivity index (χ1v) is 6.19. The Morgan fingerprint density at radius 2 is 2.06 bits per heavy atom. The molecule has 0 saturated heterocycles. The Bertz CT molecular complexity index is 369. The molecule has 1 aromatic heterocycles. The average molecular weight is 235 g/mol. The van der Waals surface area contributed by atoms with Crippen molar-refractivity contribution in [3.8, 4) is 5.88 Å². The van der Waals surface area contributed by atoms with Gasteiger partial charge in [0, 0.05) is 6.07 Å². The third kappa shape index (κ3) is 3.33. The molecule has 1 heterocycles. The van der Waals surface area contributed by atoms with Gasteiger partial charge in [0.05, 0.1) is 0 Å². The molecule has 0 bridgehead atoms. The fraction of sp³-hybridized carbons (Fsp3) is 0.615. The van der Waals surface area contributed by atoms with Crippen LogP contribution in [0.15, 0.2) is 18.2 Å². The lowest BCUT2D eigenvalue weighted by atomic mass is 9.76. The maximum atomic E-state index is 5.88. The van der Waals surface area contributed by atoms with E-state index >= 15 is 0 Å². The molecule has 0 radical (unpaired) electrons. The second kappa shape index (κ2) is 4.92. The zero-order valence-corrected chi connectivity index (χ0v) is 10.6. The predicted molar refractivity (Wildman–Crippen MR) is 68.7 cm³/mol. The monoisotopic (exact) mass is 235 g/mol. The van der Waals surface area contributed by atoms with Crippen LogP contribution in [0.2, 0.25) is 0 Å². The van der Waals surface area contributed by atoms with Crippen molar-refractivity contribution in [1.82, 2.24) is 4.98 Å². The minimum atomic E-state index is 0.295. The van der Waals surface area contributed by atoms with Gasteiger partial charge in [-0.25, -0.2) is 5.84 Å². The summed E-state index contributed by atoms with van der Waals surface area (Å²) in [6.45, 7) is 4.64. The first-order chi connectivity index (χ1) is 8.09. The standard InChI is InChI=1S/C13H21N3O/c1-13(2)8-6-10(7-9-13)17-12-5-3-4-11(15-12)16-14/h3-5,10H,6-9,14H2,1-2H3,(H,15,16). The maximum absolute atomic E-state index is 5.88. The minimum absolute atomic E-state index is 0.295. The molecule has 0 aliphatic heterocycles. The molecule has 0 spiro atoms. The molecule has 1 saturated carbocycles. The normalized spacial score (nSPS) is 19.9. The zero-order chi connectivity index (χ0) is 12.3. The quantitative estimate of drug-likeness (QED) is 0.624. The number of nitrogens with zero attached hydrogens (tertiary/aromatic N) is 1. The summed E-state index contributed by atoms with van der Waals surface area (Å²) in [7, 11) is 0. The molecular weight excluding hydrogens is 214 g/mol. The van der Waals surface area contributed by atoms with Crippen molar-refractivity contribution >= 4 is 5.82 Å². The summed E-state index contributed by atoms with van der Waals surface area (Å²) in [5, 5.41) is 0. The largest absolute Gasteiger partial charge is 0.474 e. The van der Waals surface area contributed by atoms with Crippen LogP contribution in [0.3, 0.4) is 0 Å². The Kier molecular flexibility index (Phi) is 3.52. The molecule has 1 aliphatic rings. The van der Waals surface area contributed by atoms with Crippen LogP contribution in [-0.2, 0) is 0 Å². The van der Waals surface area contributed by atoms with Gasteiger partial charge in [-0.3, -0.25) is 0 Å². The molecule has 2 rings (SSSR count). The third-order valence-corrected chi connectivity index (χ3v) is 3.45. The summed E-state index contributed by atoms with van der Waals surface area (Å²) < 4.78 is 5.88. The second-order valence-corrected chi connectivity index (χ2v) is 5.49. The Hall–Kier alpha value is -1.29. The molecule has 1 aromatic rings. The van der Waals surface area contributed by atoms with Gasteiger partial charge < -0.3 is 10.2 Å². The summed E-state index contributed by atoms with van der Waals surface area (Å²) in [4.78, 5) is 4.26. The van der Waals surface area contributed by atoms with Crippen LogP contribution >= 0.6 is 0 Å². The summed E-state index contributed by atoms with van der Waals surface area (Å²) in [5.41, 5.74) is 2.99. The lowest BCUT2D eigenvalue weighted by molar-refractivity contribution is 0.0950. The van der Waals surface area contributed by atoms with Gasteiger partial charge >= 0.3 is 0 Å². The molecule has 1 aliphatic carbocycles. The Morgan fingerprint density at radius 1 is 1.35 bits per heavy atom. The predicted octanol–water partition coefficient (Wildman–Crippen LogP) is 2.71. The van der Waals surface area contributed by atoms with Crippen LogP contribution in [0.1, 0.15) is 39.5 Å². The highest BCUT2D eigenvalue weighted by atomic mass is 16.5. The first kappa shape index (κ1) is 12.2. The summed E-state index contributed by atoms with van der Waals surface area (Å²) in [5.74, 6) is 6.61. The maximum Gasteiger partial charge on any atom is 0.215 e. The van der Waals surface area contributed by atoms with Gasteiger partial charge in [-0.2, -0.15) is 4.98 Å². The third-order valence-electron chi connectivity index (χ3n) is 3.45. The smallest absolute Gasteiger partial charge is 0.215 e. The number of hydrazine groups is 1. The van der Waals surface area contributed by atoms with Crippen molar-refractivity contribution in [2.24, 2.45) is 11.3 Å². The van der Waals surface area contributed by atoms with Gasteiger partial charge in [-0.15, -0.1) is 0 Å². The molecule has 94 valence electrons. The lowest BCUT2D eigenvalue weighted by Crippen LogP contribution is -2.28. The Labute approximate surface area is 103 Å². The van der Waals surface area contributed by atoms with E-state index in [1.54, 1.807) is 0 Å². The van der Waals surface area contributed by atoms with E-state index in [0.29, 0.717) is 23.2 Å². The van der Waals surface area contributed by atoms with E-state index in [4.69, 9.17) is 10.6 Å². The van der Waals surface area contributed by atoms with Gasteiger partial charge in [-0.05, 0) is 37.2 Å². The number of pyridine rings is 1. The molecule has 17 heavy (non-hydrogen) atoms. The highest BCUT2D eigenvalue weighted by Crippen LogP contribution is 2.36. The summed E-state index contributed by atoms with van der Waals surface area (Å²) >= 11 is 0. The first-order valence-electron chi connectivity index (χ1n) is 6.19. The number of aromatic nitrogens is 1. The number of nitrogen functional groups attached to an aromatic ring is 1. The SMILES string of the molecule is CC1(C)CCC(Oc2cccc(NN)n2)CC1. The molecule has 0 amide bonds. The van der Waals surface area contributed by atoms with Gasteiger partial charge in [-0.1, -0.05) is 19.9 Å². The van der Waals surface area contributed by atoms with Crippen LogP contribution in [0, 0.1) is 5.41 Å². The van der Waals surface area contributed by atoms with Crippen LogP contribution in [-0.4, -0.2) is 11.1 Å². The topological polar surface area (TPSA) is 60.2 Å². The van der Waals surface area contributed by atoms with Crippen molar-refractivity contribution in [3.63, 3.8) is 0 Å². The molecular formula is C13H21N3O. The van der Waals surface area contributed by atoms with E-state index in [2.05, 4.69) is 24.3 Å². The molecule has 4 nitrogen and oxygen atoms in total. The van der Waals surface area contributed by atoms with E-state index in [-0.39, 0.29) is 0 Å². The Morgan fingerprint density at radius 3 is 2.71 bits per heavy atom. The van der Waals surface area contributed by atoms with E-state index < -0.39 is 0 Å². The summed E-state index contributed by atoms with van der Waals surface area (Å²) in [6.07, 6.45) is 4.94. The number of hydrogen-bond donors (Lipinski definition) is 2. The molecule has 0 unspecified atom stereocenters. The average Bonchev–Trinajstić information content (AvgIpc) is 2.32. The van der Waals surface area contributed by atoms with Crippen LogP contribution in [0.4, 0.5) is 5.82 Å². The number of anilines is 1. The van der Waals surface area contributed by atoms with E-state index in [1.807, 2.05) is 18.2 Å². The van der Waals surface area contributed by atoms with Gasteiger partial charge in [0.2, 0.25) is 5.88 Å². The van der Waals surface area contributed by atoms with E-state index in [9.17, 15) is 0 Å². The van der Waals surface area contributed by atoms with Crippen molar-refractivity contribution < 1.29 is 4.74 Å². The number of nitrogens with two attached hydrogens (primary N) is 1. The minimum Gasteiger partial charge on any atom is -0.474 e. The van der Waals surface area contributed by atoms with E-state index in [1.165, 1.54) is 12.8 Å². The van der Waals surface area contributed by atoms with Crippen LogP contribution in [0.25, 0.3) is 0 Å². The highest BCUT2D eigenvalue weighted by molar-refractivity contribution is 5.35. The van der Waals surface area contributed by atoms with Crippen LogP contribution in [0.5, 0.6) is 5.88 Å². The number of hydrogen-bond acceptors (Lipinski definition) is 4. The van der Waals surface area contributed by atoms with Gasteiger partial charge in [0.15, 0.2) is 0 Å². The highest BCUT2D eigenvalue weighted by Gasteiger charge is 2.27. The van der Waals surface area contributed by atoms with E-state index in [0.717, 1.165) is 12.8 Å². The molecule has 4 heteroatoms. The Balaban J connectivity index is 1.93. The second-order valence-electron chi connectivity index (χ2n) is 5.49. The number of nitrogens with one attached hydrogen (secondary N) is 1. The fourth-order valence-corrected chi connectivity index (χ4v) is 2.22. The van der Waals surface area contributed by atoms with Gasteiger partial charge in [0.1, 0.15) is 11.9 Å². The van der Waals surface area contributed by atoms with Crippen molar-refractivity contribution in [3.05, 3.63) is 18.2 Å². The molecule has 0 aromatic carbocycles. The molecule has 3 N–H and O–H groups in total. The lowest BCUT2D eigenvalue weighted by Gasteiger charge is -2.34. The van der Waals surface area contributed by atoms with Crippen molar-refractivity contribution in [2.75, 3.05) is 5.43 Å². The number of ether oxygens (including phenoxy) is 1. The van der Waals surface area contributed by atoms with Crippen molar-refractivity contribution in [1.29, 1.82) is 0 Å². The summed E-state index contributed by atoms with van der Waals surface area (Å²) in [6, 6.07) is 5.59. The van der Waals surface area contributed by atoms with Gasteiger partial charge in [0.25, 0.3) is 0 Å². The molecule has 1 fully saturated rings. The zero-order valence-electron chi connectivity index (χ0n) is 10.6. The fourth-order valence-electron chi connectivity index (χ4n) is 2.22. The molecule has 0 atom stereocenters.